The fourth-order valence-electron chi connectivity index (χ4n) is 2.43. The van der Waals surface area contributed by atoms with Crippen LogP contribution in [0.2, 0.25) is 0 Å². The third kappa shape index (κ3) is 2.14. The predicted octanol–water partition coefficient (Wildman–Crippen LogP) is 2.19. The van der Waals surface area contributed by atoms with E-state index in [1.807, 2.05) is 48.5 Å². The Morgan fingerprint density at radius 3 is 2.05 bits per heavy atom. The molecular weight excluding hydrogens is 235 g/mol. The molecule has 0 aliphatic carbocycles. The van der Waals surface area contributed by atoms with Crippen LogP contribution in [0.4, 0.5) is 0 Å². The van der Waals surface area contributed by atoms with Crippen LogP contribution < -0.4 is 5.46 Å². The van der Waals surface area contributed by atoms with Gasteiger partial charge in [0.1, 0.15) is 0 Å². The first kappa shape index (κ1) is 12.0. The number of benzene rings is 3. The van der Waals surface area contributed by atoms with E-state index in [2.05, 4.69) is 12.1 Å². The molecule has 0 unspecified atom stereocenters. The van der Waals surface area contributed by atoms with Crippen LogP contribution in [0.1, 0.15) is 0 Å². The summed E-state index contributed by atoms with van der Waals surface area (Å²) >= 11 is 0. The van der Waals surface area contributed by atoms with Crippen LogP contribution in [-0.2, 0) is 0 Å². The molecule has 19 heavy (non-hydrogen) atoms. The standard InChI is InChI=1S/C16H13BO2/c18-17(19)16-11-5-9-14-13(8-4-10-15(14)16)12-6-2-1-3-7-12/h1-11,18-19H. The summed E-state index contributed by atoms with van der Waals surface area (Å²) in [6.07, 6.45) is 0. The molecule has 0 aliphatic rings. The van der Waals surface area contributed by atoms with Crippen LogP contribution in [-0.4, -0.2) is 17.2 Å². The van der Waals surface area contributed by atoms with E-state index in [0.717, 1.165) is 21.9 Å². The van der Waals surface area contributed by atoms with Gasteiger partial charge in [-0.2, -0.15) is 0 Å². The molecule has 2 nitrogen and oxygen atoms in total. The average molecular weight is 248 g/mol. The molecule has 0 spiro atoms. The van der Waals surface area contributed by atoms with Gasteiger partial charge >= 0.3 is 7.12 Å². The van der Waals surface area contributed by atoms with Crippen molar-refractivity contribution in [1.82, 2.24) is 0 Å². The normalized spacial score (nSPS) is 10.6. The van der Waals surface area contributed by atoms with E-state index in [4.69, 9.17) is 0 Å². The van der Waals surface area contributed by atoms with E-state index in [9.17, 15) is 10.0 Å². The fourth-order valence-corrected chi connectivity index (χ4v) is 2.43. The maximum absolute atomic E-state index is 9.44. The Hall–Kier alpha value is -2.10. The molecular formula is C16H13BO2. The Labute approximate surface area is 112 Å². The van der Waals surface area contributed by atoms with Gasteiger partial charge in [0.15, 0.2) is 0 Å². The summed E-state index contributed by atoms with van der Waals surface area (Å²) in [6, 6.07) is 21.6. The summed E-state index contributed by atoms with van der Waals surface area (Å²) in [7, 11) is -1.45. The third-order valence-corrected chi connectivity index (χ3v) is 3.32. The minimum atomic E-state index is -1.45. The van der Waals surface area contributed by atoms with Gasteiger partial charge in [-0.3, -0.25) is 0 Å². The Morgan fingerprint density at radius 2 is 1.32 bits per heavy atom. The molecule has 0 heterocycles. The number of hydrogen-bond acceptors (Lipinski definition) is 2. The molecule has 0 saturated heterocycles. The number of rotatable bonds is 2. The molecule has 0 amide bonds. The lowest BCUT2D eigenvalue weighted by atomic mass is 9.76. The van der Waals surface area contributed by atoms with Gasteiger partial charge in [0.2, 0.25) is 0 Å². The molecule has 0 bridgehead atoms. The summed E-state index contributed by atoms with van der Waals surface area (Å²) < 4.78 is 0. The van der Waals surface area contributed by atoms with Gasteiger partial charge in [0.05, 0.1) is 0 Å². The van der Waals surface area contributed by atoms with Crippen molar-refractivity contribution in [3.05, 3.63) is 66.7 Å². The summed E-state index contributed by atoms with van der Waals surface area (Å²) in [4.78, 5) is 0. The van der Waals surface area contributed by atoms with E-state index in [0.29, 0.717) is 5.46 Å². The zero-order chi connectivity index (χ0) is 13.2. The van der Waals surface area contributed by atoms with Gasteiger partial charge in [0.25, 0.3) is 0 Å². The molecule has 0 radical (unpaired) electrons. The lowest BCUT2D eigenvalue weighted by Crippen LogP contribution is -2.30. The van der Waals surface area contributed by atoms with Crippen molar-refractivity contribution in [1.29, 1.82) is 0 Å². The van der Waals surface area contributed by atoms with E-state index >= 15 is 0 Å². The summed E-state index contributed by atoms with van der Waals surface area (Å²) in [5.74, 6) is 0. The molecule has 92 valence electrons. The minimum absolute atomic E-state index is 0.537. The molecule has 3 rings (SSSR count). The molecule has 3 heteroatoms. The highest BCUT2D eigenvalue weighted by Gasteiger charge is 2.15. The van der Waals surface area contributed by atoms with Crippen molar-refractivity contribution in [3.8, 4) is 11.1 Å². The summed E-state index contributed by atoms with van der Waals surface area (Å²) in [5.41, 5.74) is 2.76. The average Bonchev–Trinajstić information content (AvgIpc) is 2.46. The maximum atomic E-state index is 9.44. The van der Waals surface area contributed by atoms with Gasteiger partial charge in [0, 0.05) is 0 Å². The molecule has 2 N–H and O–H groups in total. The Bertz CT molecular complexity index is 708. The van der Waals surface area contributed by atoms with Gasteiger partial charge in [-0.05, 0) is 27.4 Å². The summed E-state index contributed by atoms with van der Waals surface area (Å²) in [5, 5.41) is 20.8. The second-order valence-electron chi connectivity index (χ2n) is 4.49. The second-order valence-corrected chi connectivity index (χ2v) is 4.49. The quantitative estimate of drug-likeness (QED) is 0.682. The largest absolute Gasteiger partial charge is 0.489 e. The van der Waals surface area contributed by atoms with Crippen LogP contribution in [0.5, 0.6) is 0 Å². The summed E-state index contributed by atoms with van der Waals surface area (Å²) in [6.45, 7) is 0. The third-order valence-electron chi connectivity index (χ3n) is 3.32. The highest BCUT2D eigenvalue weighted by Crippen LogP contribution is 2.27. The lowest BCUT2D eigenvalue weighted by Gasteiger charge is -2.10. The first-order chi connectivity index (χ1) is 9.27. The topological polar surface area (TPSA) is 40.5 Å². The van der Waals surface area contributed by atoms with Crippen molar-refractivity contribution in [2.24, 2.45) is 0 Å². The van der Waals surface area contributed by atoms with Crippen LogP contribution >= 0.6 is 0 Å². The van der Waals surface area contributed by atoms with E-state index in [1.165, 1.54) is 0 Å². The van der Waals surface area contributed by atoms with Crippen molar-refractivity contribution < 1.29 is 10.0 Å². The van der Waals surface area contributed by atoms with E-state index < -0.39 is 7.12 Å². The van der Waals surface area contributed by atoms with Gasteiger partial charge < -0.3 is 10.0 Å². The first-order valence-electron chi connectivity index (χ1n) is 6.20. The van der Waals surface area contributed by atoms with E-state index in [1.54, 1.807) is 6.07 Å². The van der Waals surface area contributed by atoms with Crippen LogP contribution in [0, 0.1) is 0 Å². The van der Waals surface area contributed by atoms with Crippen molar-refractivity contribution in [2.75, 3.05) is 0 Å². The molecule has 0 aromatic heterocycles. The lowest BCUT2D eigenvalue weighted by molar-refractivity contribution is 0.426. The molecule has 3 aromatic rings. The van der Waals surface area contributed by atoms with Crippen LogP contribution in [0.25, 0.3) is 21.9 Å². The SMILES string of the molecule is OB(O)c1cccc2c(-c3ccccc3)cccc12. The highest BCUT2D eigenvalue weighted by atomic mass is 16.4. The predicted molar refractivity (Wildman–Crippen MR) is 79.2 cm³/mol. The van der Waals surface area contributed by atoms with Gasteiger partial charge in [-0.1, -0.05) is 66.7 Å². The van der Waals surface area contributed by atoms with Gasteiger partial charge in [-0.25, -0.2) is 0 Å². The van der Waals surface area contributed by atoms with Crippen LogP contribution in [0.15, 0.2) is 66.7 Å². The Kier molecular flexibility index (Phi) is 3.07. The molecule has 0 saturated carbocycles. The van der Waals surface area contributed by atoms with E-state index in [-0.39, 0.29) is 0 Å². The second kappa shape index (κ2) is 4.88. The Balaban J connectivity index is 2.31. The maximum Gasteiger partial charge on any atom is 0.489 e. The molecule has 0 atom stereocenters. The number of hydrogen-bond donors (Lipinski definition) is 2. The van der Waals surface area contributed by atoms with Crippen molar-refractivity contribution in [3.63, 3.8) is 0 Å². The fraction of sp³-hybridized carbons (Fsp3) is 0. The van der Waals surface area contributed by atoms with Crippen molar-refractivity contribution in [2.45, 2.75) is 0 Å². The van der Waals surface area contributed by atoms with Crippen molar-refractivity contribution >= 4 is 23.4 Å². The smallest absolute Gasteiger partial charge is 0.423 e. The monoisotopic (exact) mass is 248 g/mol. The zero-order valence-electron chi connectivity index (χ0n) is 10.3. The molecule has 0 fully saturated rings. The Morgan fingerprint density at radius 1 is 0.632 bits per heavy atom. The minimum Gasteiger partial charge on any atom is -0.423 e. The molecule has 3 aromatic carbocycles. The highest BCUT2D eigenvalue weighted by molar-refractivity contribution is 6.62. The van der Waals surface area contributed by atoms with Crippen LogP contribution in [0.3, 0.4) is 0 Å². The molecule has 0 aliphatic heterocycles. The first-order valence-corrected chi connectivity index (χ1v) is 6.20. The van der Waals surface area contributed by atoms with Gasteiger partial charge in [-0.15, -0.1) is 0 Å². The zero-order valence-corrected chi connectivity index (χ0v) is 10.3. The number of fused-ring (bicyclic) bond motifs is 1.